The van der Waals surface area contributed by atoms with Gasteiger partial charge in [0.15, 0.2) is 5.82 Å². The second kappa shape index (κ2) is 8.90. The number of benzene rings is 1. The number of rotatable bonds is 7. The minimum Gasteiger partial charge on any atom is -0.321 e. The van der Waals surface area contributed by atoms with Crippen LogP contribution < -0.4 is 10.6 Å². The molecule has 4 aromatic rings. The van der Waals surface area contributed by atoms with Gasteiger partial charge in [-0.2, -0.15) is 5.10 Å². The van der Waals surface area contributed by atoms with E-state index in [1.807, 2.05) is 12.1 Å². The van der Waals surface area contributed by atoms with E-state index >= 15 is 4.39 Å². The molecule has 4 heterocycles. The number of anilines is 2. The highest BCUT2D eigenvalue weighted by atomic mass is 19.3. The summed E-state index contributed by atoms with van der Waals surface area (Å²) < 4.78 is 43.3. The Kier molecular flexibility index (Phi) is 5.68. The second-order valence-electron chi connectivity index (χ2n) is 9.58. The van der Waals surface area contributed by atoms with Gasteiger partial charge in [0.1, 0.15) is 11.3 Å². The average molecular weight is 497 g/mol. The summed E-state index contributed by atoms with van der Waals surface area (Å²) in [5, 5.41) is 10.7. The minimum absolute atomic E-state index is 0.119. The number of halogens is 3. The van der Waals surface area contributed by atoms with Crippen LogP contribution >= 0.6 is 0 Å². The lowest BCUT2D eigenvalue weighted by molar-refractivity contribution is 0.0942. The Labute approximate surface area is 205 Å². The third-order valence-corrected chi connectivity index (χ3v) is 7.12. The van der Waals surface area contributed by atoms with E-state index in [2.05, 4.69) is 42.5 Å². The molecule has 36 heavy (non-hydrogen) atoms. The first-order valence-electron chi connectivity index (χ1n) is 12.1. The fraction of sp³-hybridized carbons (Fsp3) is 0.400. The van der Waals surface area contributed by atoms with Gasteiger partial charge in [0.2, 0.25) is 5.95 Å². The fourth-order valence-corrected chi connectivity index (χ4v) is 4.80. The lowest BCUT2D eigenvalue weighted by Gasteiger charge is -2.33. The number of aromatic amines is 1. The molecule has 2 aliphatic rings. The minimum atomic E-state index is -2.62. The number of pyridine rings is 1. The van der Waals surface area contributed by atoms with Crippen molar-refractivity contribution in [1.29, 1.82) is 0 Å². The van der Waals surface area contributed by atoms with Gasteiger partial charge in [-0.15, -0.1) is 0 Å². The monoisotopic (exact) mass is 496 g/mol. The van der Waals surface area contributed by atoms with Crippen LogP contribution in [0.3, 0.4) is 0 Å². The van der Waals surface area contributed by atoms with Crippen LogP contribution in [0.4, 0.5) is 24.9 Å². The highest BCUT2D eigenvalue weighted by Crippen LogP contribution is 2.49. The van der Waals surface area contributed by atoms with E-state index in [0.29, 0.717) is 28.4 Å². The standard InChI is InChI=1S/C25H27F3N8/c1-15(35-8-6-29-7-9-35)16-4-5-30-21(10-16)33-24-32-20-3-2-19(22(26)23(20)34-24)17-12-31-36(13-17)14-18-11-25(18,27)28/h2-5,10,12-13,15,18,29H,6-9,11,14H2,1H3,(H2,30,32,33,34). The van der Waals surface area contributed by atoms with E-state index in [-0.39, 0.29) is 24.5 Å². The molecule has 0 spiro atoms. The highest BCUT2D eigenvalue weighted by Gasteiger charge is 2.56. The van der Waals surface area contributed by atoms with Crippen LogP contribution in [0, 0.1) is 11.7 Å². The van der Waals surface area contributed by atoms with Gasteiger partial charge in [-0.05, 0) is 36.8 Å². The smallest absolute Gasteiger partial charge is 0.253 e. The van der Waals surface area contributed by atoms with E-state index in [0.717, 1.165) is 31.7 Å². The quantitative estimate of drug-likeness (QED) is 0.353. The molecule has 3 aromatic heterocycles. The number of hydrogen-bond donors (Lipinski definition) is 3. The van der Waals surface area contributed by atoms with E-state index in [9.17, 15) is 8.78 Å². The number of H-pyrrole nitrogens is 1. The molecule has 1 aromatic carbocycles. The molecule has 1 saturated heterocycles. The van der Waals surface area contributed by atoms with Crippen molar-refractivity contribution in [1.82, 2.24) is 34.9 Å². The summed E-state index contributed by atoms with van der Waals surface area (Å²) in [6, 6.07) is 7.59. The van der Waals surface area contributed by atoms with Crippen molar-refractivity contribution in [3.8, 4) is 11.1 Å². The fourth-order valence-electron chi connectivity index (χ4n) is 4.80. The molecule has 6 rings (SSSR count). The summed E-state index contributed by atoms with van der Waals surface area (Å²) in [5.74, 6) is -2.80. The molecule has 2 unspecified atom stereocenters. The first-order chi connectivity index (χ1) is 17.4. The number of fused-ring (bicyclic) bond motifs is 1. The lowest BCUT2D eigenvalue weighted by atomic mass is 10.1. The molecule has 0 bridgehead atoms. The second-order valence-corrected chi connectivity index (χ2v) is 9.58. The van der Waals surface area contributed by atoms with Crippen molar-refractivity contribution < 1.29 is 13.2 Å². The molecule has 1 aliphatic carbocycles. The zero-order valence-corrected chi connectivity index (χ0v) is 19.8. The van der Waals surface area contributed by atoms with Crippen LogP contribution in [-0.2, 0) is 6.54 Å². The van der Waals surface area contributed by atoms with E-state index in [4.69, 9.17) is 0 Å². The topological polar surface area (TPSA) is 86.7 Å². The van der Waals surface area contributed by atoms with Crippen LogP contribution in [0.2, 0.25) is 0 Å². The van der Waals surface area contributed by atoms with Crippen molar-refractivity contribution >= 4 is 22.8 Å². The number of nitrogens with one attached hydrogen (secondary N) is 3. The van der Waals surface area contributed by atoms with E-state index in [1.165, 1.54) is 10.9 Å². The van der Waals surface area contributed by atoms with Crippen molar-refractivity contribution in [2.75, 3.05) is 31.5 Å². The molecule has 2 fully saturated rings. The molecule has 188 valence electrons. The van der Waals surface area contributed by atoms with Gasteiger partial charge in [-0.25, -0.2) is 23.1 Å². The molecule has 3 N–H and O–H groups in total. The molecule has 2 atom stereocenters. The lowest BCUT2D eigenvalue weighted by Crippen LogP contribution is -2.44. The van der Waals surface area contributed by atoms with Gasteiger partial charge >= 0.3 is 0 Å². The maximum absolute atomic E-state index is 15.4. The first-order valence-corrected chi connectivity index (χ1v) is 12.1. The highest BCUT2D eigenvalue weighted by molar-refractivity contribution is 5.84. The summed E-state index contributed by atoms with van der Waals surface area (Å²) in [4.78, 5) is 14.3. The Hall–Kier alpha value is -3.44. The average Bonchev–Trinajstić information content (AvgIpc) is 3.22. The molecule has 0 amide bonds. The Bertz CT molecular complexity index is 1390. The maximum Gasteiger partial charge on any atom is 0.253 e. The van der Waals surface area contributed by atoms with Crippen molar-refractivity contribution in [2.45, 2.75) is 31.9 Å². The van der Waals surface area contributed by atoms with Crippen LogP contribution in [0.1, 0.15) is 24.9 Å². The zero-order chi connectivity index (χ0) is 24.9. The number of hydrogen-bond acceptors (Lipinski definition) is 6. The Morgan fingerprint density at radius 1 is 1.22 bits per heavy atom. The van der Waals surface area contributed by atoms with Gasteiger partial charge in [0.05, 0.1) is 11.7 Å². The predicted octanol–water partition coefficient (Wildman–Crippen LogP) is 4.33. The van der Waals surface area contributed by atoms with Gasteiger partial charge in [-0.3, -0.25) is 9.58 Å². The number of aromatic nitrogens is 5. The normalized spacial score (nSPS) is 20.5. The Morgan fingerprint density at radius 2 is 2.03 bits per heavy atom. The molecule has 1 aliphatic heterocycles. The van der Waals surface area contributed by atoms with Gasteiger partial charge < -0.3 is 15.6 Å². The van der Waals surface area contributed by atoms with Gasteiger partial charge in [0, 0.05) is 74.6 Å². The Balaban J connectivity index is 1.20. The summed E-state index contributed by atoms with van der Waals surface area (Å²) in [6.45, 7) is 6.23. The number of nitrogens with zero attached hydrogens (tertiary/aromatic N) is 5. The van der Waals surface area contributed by atoms with Crippen molar-refractivity contribution in [3.63, 3.8) is 0 Å². The SMILES string of the molecule is CC(c1ccnc(Nc2nc3ccc(-c4cnn(CC5CC5(F)F)c4)c(F)c3[nH]2)c1)N1CCNCC1. The van der Waals surface area contributed by atoms with Crippen LogP contribution in [0.15, 0.2) is 42.9 Å². The third-order valence-electron chi connectivity index (χ3n) is 7.12. The molecular formula is C25H27F3N8. The van der Waals surface area contributed by atoms with Gasteiger partial charge in [-0.1, -0.05) is 0 Å². The summed E-state index contributed by atoms with van der Waals surface area (Å²) in [6.07, 6.45) is 4.73. The number of piperazine rings is 1. The predicted molar refractivity (Wildman–Crippen MR) is 131 cm³/mol. The number of imidazole rings is 1. The van der Waals surface area contributed by atoms with E-state index in [1.54, 1.807) is 24.5 Å². The van der Waals surface area contributed by atoms with Crippen LogP contribution in [-0.4, -0.2) is 61.7 Å². The molecule has 8 nitrogen and oxygen atoms in total. The van der Waals surface area contributed by atoms with Crippen LogP contribution in [0.5, 0.6) is 0 Å². The van der Waals surface area contributed by atoms with Gasteiger partial charge in [0.25, 0.3) is 5.92 Å². The largest absolute Gasteiger partial charge is 0.321 e. The first kappa shape index (κ1) is 23.0. The maximum atomic E-state index is 15.4. The summed E-state index contributed by atoms with van der Waals surface area (Å²) >= 11 is 0. The molecule has 1 saturated carbocycles. The van der Waals surface area contributed by atoms with E-state index < -0.39 is 17.7 Å². The third kappa shape index (κ3) is 4.44. The summed E-state index contributed by atoms with van der Waals surface area (Å²) in [5.41, 5.74) is 2.71. The number of alkyl halides is 2. The summed E-state index contributed by atoms with van der Waals surface area (Å²) in [7, 11) is 0. The zero-order valence-electron chi connectivity index (χ0n) is 19.8. The van der Waals surface area contributed by atoms with Crippen molar-refractivity contribution in [2.24, 2.45) is 5.92 Å². The Morgan fingerprint density at radius 3 is 2.81 bits per heavy atom. The molecule has 11 heteroatoms. The molecule has 0 radical (unpaired) electrons. The molecular weight excluding hydrogens is 469 g/mol. The van der Waals surface area contributed by atoms with Crippen molar-refractivity contribution in [3.05, 3.63) is 54.2 Å². The van der Waals surface area contributed by atoms with Crippen LogP contribution in [0.25, 0.3) is 22.2 Å².